The van der Waals surface area contributed by atoms with E-state index in [1.807, 2.05) is 0 Å². The van der Waals surface area contributed by atoms with Crippen LogP contribution in [0.4, 0.5) is 0 Å². The van der Waals surface area contributed by atoms with E-state index < -0.39 is 0 Å². The van der Waals surface area contributed by atoms with Crippen LogP contribution in [0.15, 0.2) is 17.5 Å². The first-order chi connectivity index (χ1) is 3.00. The first-order valence-corrected chi connectivity index (χ1v) is 1.78. The fraction of sp³-hybridized carbons (Fsp3) is 0.250. The fourth-order valence-corrected chi connectivity index (χ4v) is 0.281. The zero-order valence-electron chi connectivity index (χ0n) is 4.11. The van der Waals surface area contributed by atoms with E-state index in [9.17, 15) is 0 Å². The van der Waals surface area contributed by atoms with Gasteiger partial charge in [0.1, 0.15) is 12.9 Å². The molecule has 1 heterocycles. The molecule has 4 heteroatoms. The molecule has 2 nitrogen and oxygen atoms in total. The van der Waals surface area contributed by atoms with Crippen molar-refractivity contribution in [3.05, 3.63) is 12.5 Å². The van der Waals surface area contributed by atoms with E-state index in [2.05, 4.69) is 4.99 Å². The van der Waals surface area contributed by atoms with Gasteiger partial charge in [0.2, 0.25) is 0 Å². The van der Waals surface area contributed by atoms with Crippen molar-refractivity contribution < 1.29 is 4.74 Å². The third-order valence-corrected chi connectivity index (χ3v) is 0.519. The summed E-state index contributed by atoms with van der Waals surface area (Å²) < 4.78 is 4.74. The maximum Gasteiger partial charge on any atom is 0.123 e. The Bertz CT molecular complexity index is 80.0. The Labute approximate surface area is 60.5 Å². The van der Waals surface area contributed by atoms with Crippen molar-refractivity contribution in [3.8, 4) is 0 Å². The molecule has 8 heavy (non-hydrogen) atoms. The van der Waals surface area contributed by atoms with Crippen molar-refractivity contribution in [2.24, 2.45) is 4.99 Å². The Morgan fingerprint density at radius 3 is 2.25 bits per heavy atom. The molecule has 0 saturated heterocycles. The van der Waals surface area contributed by atoms with Crippen LogP contribution in [-0.4, -0.2) is 12.8 Å². The average molecular weight is 156 g/mol. The molecule has 0 saturated carbocycles. The molecule has 0 aromatic rings. The van der Waals surface area contributed by atoms with Crippen LogP contribution in [0, 0.1) is 0 Å². The molecular weight excluding hydrogens is 149 g/mol. The SMILES string of the molecule is C1=COCC=N1.Cl.Cl. The smallest absolute Gasteiger partial charge is 0.123 e. The van der Waals surface area contributed by atoms with Gasteiger partial charge in [-0.15, -0.1) is 24.8 Å². The number of rotatable bonds is 0. The van der Waals surface area contributed by atoms with Gasteiger partial charge >= 0.3 is 0 Å². The van der Waals surface area contributed by atoms with Gasteiger partial charge in [0, 0.05) is 6.21 Å². The highest BCUT2D eigenvalue weighted by Gasteiger charge is 1.76. The summed E-state index contributed by atoms with van der Waals surface area (Å²) in [5, 5.41) is 0. The van der Waals surface area contributed by atoms with Gasteiger partial charge in [0.25, 0.3) is 0 Å². The lowest BCUT2D eigenvalue weighted by molar-refractivity contribution is 0.300. The molecule has 1 aliphatic heterocycles. The van der Waals surface area contributed by atoms with Crippen LogP contribution in [0.1, 0.15) is 0 Å². The summed E-state index contributed by atoms with van der Waals surface area (Å²) in [5.74, 6) is 0. The molecule has 1 aliphatic rings. The summed E-state index contributed by atoms with van der Waals surface area (Å²) >= 11 is 0. The first kappa shape index (κ1) is 10.7. The van der Waals surface area contributed by atoms with Crippen LogP contribution in [-0.2, 0) is 4.74 Å². The van der Waals surface area contributed by atoms with E-state index in [1.54, 1.807) is 18.7 Å². The van der Waals surface area contributed by atoms with Crippen molar-refractivity contribution in [1.82, 2.24) is 0 Å². The normalized spacial score (nSPS) is 13.0. The molecule has 0 spiro atoms. The molecule has 1 rings (SSSR count). The van der Waals surface area contributed by atoms with Gasteiger partial charge in [-0.2, -0.15) is 0 Å². The molecule has 0 bridgehead atoms. The Hall–Kier alpha value is -0.210. The highest BCUT2D eigenvalue weighted by molar-refractivity contribution is 5.85. The lowest BCUT2D eigenvalue weighted by Crippen LogP contribution is -1.90. The van der Waals surface area contributed by atoms with E-state index >= 15 is 0 Å². The Morgan fingerprint density at radius 2 is 2.12 bits per heavy atom. The molecule has 0 unspecified atom stereocenters. The highest BCUT2D eigenvalue weighted by Crippen LogP contribution is 1.82. The average Bonchev–Trinajstić information content (AvgIpc) is 1.72. The highest BCUT2D eigenvalue weighted by atomic mass is 35.5. The van der Waals surface area contributed by atoms with Gasteiger partial charge in [0.15, 0.2) is 0 Å². The topological polar surface area (TPSA) is 21.6 Å². The summed E-state index contributed by atoms with van der Waals surface area (Å²) in [4.78, 5) is 3.75. The number of hydrogen-bond acceptors (Lipinski definition) is 2. The van der Waals surface area contributed by atoms with Crippen molar-refractivity contribution in [2.45, 2.75) is 0 Å². The molecule has 0 N–H and O–H groups in total. The van der Waals surface area contributed by atoms with Gasteiger partial charge < -0.3 is 4.74 Å². The van der Waals surface area contributed by atoms with Crippen LogP contribution in [0.2, 0.25) is 0 Å². The predicted octanol–water partition coefficient (Wildman–Crippen LogP) is 1.40. The minimum Gasteiger partial charge on any atom is -0.494 e. The lowest BCUT2D eigenvalue weighted by Gasteiger charge is -1.94. The zero-order valence-corrected chi connectivity index (χ0v) is 5.74. The second kappa shape index (κ2) is 6.79. The molecule has 0 amide bonds. The lowest BCUT2D eigenvalue weighted by atomic mass is 10.7. The summed E-state index contributed by atoms with van der Waals surface area (Å²) in [6.07, 6.45) is 4.89. The summed E-state index contributed by atoms with van der Waals surface area (Å²) in [5.41, 5.74) is 0. The van der Waals surface area contributed by atoms with E-state index in [1.165, 1.54) is 0 Å². The van der Waals surface area contributed by atoms with Gasteiger partial charge in [-0.05, 0) is 0 Å². The maximum atomic E-state index is 4.74. The van der Waals surface area contributed by atoms with Crippen molar-refractivity contribution in [1.29, 1.82) is 0 Å². The van der Waals surface area contributed by atoms with Crippen LogP contribution < -0.4 is 0 Å². The summed E-state index contributed by atoms with van der Waals surface area (Å²) in [7, 11) is 0. The van der Waals surface area contributed by atoms with E-state index in [0.29, 0.717) is 6.61 Å². The number of ether oxygens (including phenoxy) is 1. The molecule has 48 valence electrons. The second-order valence-electron chi connectivity index (χ2n) is 0.950. The molecule has 0 aliphatic carbocycles. The molecular formula is C4H7Cl2NO. The van der Waals surface area contributed by atoms with Crippen LogP contribution in [0.25, 0.3) is 0 Å². The monoisotopic (exact) mass is 155 g/mol. The van der Waals surface area contributed by atoms with Crippen molar-refractivity contribution in [3.63, 3.8) is 0 Å². The van der Waals surface area contributed by atoms with Gasteiger partial charge in [0.05, 0.1) is 6.20 Å². The minimum atomic E-state index is 0. The second-order valence-corrected chi connectivity index (χ2v) is 0.950. The standard InChI is InChI=1S/C4H5NO.2ClH/c1-3-6-4-2-5-1;;/h1-3H,4H2;2*1H. The number of hydrogen-bond donors (Lipinski definition) is 0. The van der Waals surface area contributed by atoms with Crippen LogP contribution in [0.5, 0.6) is 0 Å². The third-order valence-electron chi connectivity index (χ3n) is 0.519. The first-order valence-electron chi connectivity index (χ1n) is 1.78. The number of aliphatic imine (C=N–C) groups is 1. The van der Waals surface area contributed by atoms with Crippen molar-refractivity contribution >= 4 is 31.0 Å². The van der Waals surface area contributed by atoms with E-state index in [-0.39, 0.29) is 24.8 Å². The molecule has 0 aromatic carbocycles. The van der Waals surface area contributed by atoms with Crippen LogP contribution in [0.3, 0.4) is 0 Å². The van der Waals surface area contributed by atoms with E-state index in [4.69, 9.17) is 4.74 Å². The van der Waals surface area contributed by atoms with E-state index in [0.717, 1.165) is 0 Å². The Kier molecular flexibility index (Phi) is 9.09. The van der Waals surface area contributed by atoms with Gasteiger partial charge in [-0.3, -0.25) is 4.99 Å². The largest absolute Gasteiger partial charge is 0.494 e. The quantitative estimate of drug-likeness (QED) is 0.519. The Balaban J connectivity index is 0. The van der Waals surface area contributed by atoms with Crippen LogP contribution >= 0.6 is 24.8 Å². The predicted molar refractivity (Wildman–Crippen MR) is 38.1 cm³/mol. The fourth-order valence-electron chi connectivity index (χ4n) is 0.281. The van der Waals surface area contributed by atoms with Crippen molar-refractivity contribution in [2.75, 3.05) is 6.61 Å². The third kappa shape index (κ3) is 3.96. The molecule has 0 atom stereocenters. The van der Waals surface area contributed by atoms with Gasteiger partial charge in [-0.1, -0.05) is 0 Å². The number of nitrogens with zero attached hydrogens (tertiary/aromatic N) is 1. The summed E-state index contributed by atoms with van der Waals surface area (Å²) in [6.45, 7) is 0.622. The molecule has 0 aromatic heterocycles. The molecule has 0 fully saturated rings. The minimum absolute atomic E-state index is 0. The number of halogens is 2. The van der Waals surface area contributed by atoms with Gasteiger partial charge in [-0.25, -0.2) is 0 Å². The summed E-state index contributed by atoms with van der Waals surface area (Å²) in [6, 6.07) is 0. The zero-order chi connectivity index (χ0) is 4.24. The Morgan fingerprint density at radius 1 is 1.38 bits per heavy atom. The maximum absolute atomic E-state index is 4.74. The molecule has 0 radical (unpaired) electrons.